The predicted molar refractivity (Wildman–Crippen MR) is 58.8 cm³/mol. The molecule has 0 aliphatic carbocycles. The van der Waals surface area contributed by atoms with Gasteiger partial charge < -0.3 is 10.2 Å². The molecule has 3 nitrogen and oxygen atoms in total. The lowest BCUT2D eigenvalue weighted by Crippen LogP contribution is -2.49. The Labute approximate surface area is 87.7 Å². The number of rotatable bonds is 8. The van der Waals surface area contributed by atoms with E-state index in [-0.39, 0.29) is 0 Å². The number of hydrogen-bond acceptors (Lipinski definition) is 3. The molecule has 0 saturated carbocycles. The van der Waals surface area contributed by atoms with Crippen LogP contribution in [0.3, 0.4) is 0 Å². The molecular weight excluding hydrogens is 178 g/mol. The maximum Gasteiger partial charge on any atom is 0.224 e. The van der Waals surface area contributed by atoms with E-state index in [0.717, 1.165) is 38.8 Å². The Morgan fingerprint density at radius 1 is 0.929 bits per heavy atom. The first-order valence-corrected chi connectivity index (χ1v) is 5.78. The third-order valence-corrected chi connectivity index (χ3v) is 2.54. The molecule has 0 amide bonds. The van der Waals surface area contributed by atoms with E-state index in [0.29, 0.717) is 6.42 Å². The summed E-state index contributed by atoms with van der Waals surface area (Å²) < 4.78 is 0. The molecule has 0 radical (unpaired) electrons. The monoisotopic (exact) mass is 203 g/mol. The fourth-order valence-corrected chi connectivity index (χ4v) is 1.39. The van der Waals surface area contributed by atoms with Gasteiger partial charge in [0, 0.05) is 19.5 Å². The van der Waals surface area contributed by atoms with Crippen LogP contribution in [0, 0.1) is 0 Å². The van der Waals surface area contributed by atoms with E-state index in [4.69, 9.17) is 0 Å². The SMILES string of the molecule is CCCCN(CCCC)C(O)(O)CC. The van der Waals surface area contributed by atoms with Crippen molar-refractivity contribution in [3.8, 4) is 0 Å². The highest BCUT2D eigenvalue weighted by atomic mass is 16.5. The topological polar surface area (TPSA) is 43.7 Å². The highest BCUT2D eigenvalue weighted by Gasteiger charge is 2.28. The van der Waals surface area contributed by atoms with Gasteiger partial charge in [0.15, 0.2) is 0 Å². The van der Waals surface area contributed by atoms with Crippen molar-refractivity contribution in [2.45, 2.75) is 58.8 Å². The van der Waals surface area contributed by atoms with E-state index < -0.39 is 5.91 Å². The Hall–Kier alpha value is -0.120. The van der Waals surface area contributed by atoms with Crippen LogP contribution in [0.5, 0.6) is 0 Å². The second-order valence-electron chi connectivity index (χ2n) is 3.82. The fourth-order valence-electron chi connectivity index (χ4n) is 1.39. The molecule has 2 N–H and O–H groups in total. The fraction of sp³-hybridized carbons (Fsp3) is 1.00. The van der Waals surface area contributed by atoms with E-state index >= 15 is 0 Å². The molecule has 0 unspecified atom stereocenters. The average molecular weight is 203 g/mol. The Balaban J connectivity index is 4.08. The summed E-state index contributed by atoms with van der Waals surface area (Å²) in [4.78, 5) is 1.78. The second kappa shape index (κ2) is 7.21. The summed E-state index contributed by atoms with van der Waals surface area (Å²) in [6.07, 6.45) is 4.57. The van der Waals surface area contributed by atoms with Gasteiger partial charge in [-0.1, -0.05) is 33.6 Å². The molecule has 0 bridgehead atoms. The molecule has 0 aromatic carbocycles. The van der Waals surface area contributed by atoms with Crippen molar-refractivity contribution in [1.82, 2.24) is 4.90 Å². The van der Waals surface area contributed by atoms with Crippen molar-refractivity contribution in [3.63, 3.8) is 0 Å². The van der Waals surface area contributed by atoms with E-state index in [2.05, 4.69) is 13.8 Å². The first-order chi connectivity index (χ1) is 6.58. The van der Waals surface area contributed by atoms with Crippen LogP contribution in [-0.4, -0.2) is 34.1 Å². The molecular formula is C11H25NO2. The Morgan fingerprint density at radius 2 is 1.36 bits per heavy atom. The van der Waals surface area contributed by atoms with Crippen molar-refractivity contribution in [3.05, 3.63) is 0 Å². The minimum absolute atomic E-state index is 0.362. The van der Waals surface area contributed by atoms with Gasteiger partial charge in [0.1, 0.15) is 0 Å². The van der Waals surface area contributed by atoms with Gasteiger partial charge in [-0.05, 0) is 12.8 Å². The smallest absolute Gasteiger partial charge is 0.224 e. The molecule has 0 atom stereocenters. The van der Waals surface area contributed by atoms with Crippen LogP contribution in [-0.2, 0) is 0 Å². The molecule has 0 aromatic rings. The standard InChI is InChI=1S/C11H25NO2/c1-4-7-9-12(10-8-5-2)11(13,14)6-3/h13-14H,4-10H2,1-3H3. The van der Waals surface area contributed by atoms with Crippen molar-refractivity contribution in [1.29, 1.82) is 0 Å². The normalized spacial score (nSPS) is 12.4. The van der Waals surface area contributed by atoms with Crippen LogP contribution in [0.25, 0.3) is 0 Å². The molecule has 0 aliphatic rings. The summed E-state index contributed by atoms with van der Waals surface area (Å²) >= 11 is 0. The summed E-state index contributed by atoms with van der Waals surface area (Å²) in [6, 6.07) is 0. The first-order valence-electron chi connectivity index (χ1n) is 5.78. The molecule has 0 spiro atoms. The molecule has 3 heteroatoms. The minimum atomic E-state index is -1.61. The van der Waals surface area contributed by atoms with Crippen molar-refractivity contribution in [2.75, 3.05) is 13.1 Å². The summed E-state index contributed by atoms with van der Waals surface area (Å²) in [7, 11) is 0. The number of hydrogen-bond donors (Lipinski definition) is 2. The molecule has 0 fully saturated rings. The van der Waals surface area contributed by atoms with Gasteiger partial charge in [-0.3, -0.25) is 4.90 Å². The van der Waals surface area contributed by atoms with Gasteiger partial charge in [-0.25, -0.2) is 0 Å². The van der Waals surface area contributed by atoms with Crippen LogP contribution in [0.15, 0.2) is 0 Å². The highest BCUT2D eigenvalue weighted by Crippen LogP contribution is 2.14. The Kier molecular flexibility index (Phi) is 7.15. The molecule has 14 heavy (non-hydrogen) atoms. The van der Waals surface area contributed by atoms with Gasteiger partial charge in [0.05, 0.1) is 0 Å². The summed E-state index contributed by atoms with van der Waals surface area (Å²) in [5, 5.41) is 19.4. The quantitative estimate of drug-likeness (QED) is 0.592. The van der Waals surface area contributed by atoms with E-state index in [9.17, 15) is 10.2 Å². The molecule has 0 aliphatic heterocycles. The van der Waals surface area contributed by atoms with Crippen molar-refractivity contribution >= 4 is 0 Å². The van der Waals surface area contributed by atoms with E-state index in [1.165, 1.54) is 0 Å². The highest BCUT2D eigenvalue weighted by molar-refractivity contribution is 4.66. The lowest BCUT2D eigenvalue weighted by Gasteiger charge is -2.34. The average Bonchev–Trinajstić information content (AvgIpc) is 2.17. The van der Waals surface area contributed by atoms with Crippen LogP contribution in [0.4, 0.5) is 0 Å². The summed E-state index contributed by atoms with van der Waals surface area (Å²) in [5.41, 5.74) is 0. The van der Waals surface area contributed by atoms with Crippen LogP contribution in [0.2, 0.25) is 0 Å². The summed E-state index contributed by atoms with van der Waals surface area (Å²) in [6.45, 7) is 7.57. The van der Waals surface area contributed by atoms with Gasteiger partial charge in [0.25, 0.3) is 0 Å². The zero-order valence-corrected chi connectivity index (χ0v) is 9.79. The number of aliphatic hydroxyl groups is 2. The third-order valence-electron chi connectivity index (χ3n) is 2.54. The Bertz CT molecular complexity index is 129. The van der Waals surface area contributed by atoms with Gasteiger partial charge in [0.2, 0.25) is 5.91 Å². The minimum Gasteiger partial charge on any atom is -0.353 e. The van der Waals surface area contributed by atoms with E-state index in [1.54, 1.807) is 11.8 Å². The lowest BCUT2D eigenvalue weighted by atomic mass is 10.2. The number of nitrogens with zero attached hydrogens (tertiary/aromatic N) is 1. The van der Waals surface area contributed by atoms with Crippen molar-refractivity contribution < 1.29 is 10.2 Å². The molecule has 0 aromatic heterocycles. The molecule has 0 saturated heterocycles. The van der Waals surface area contributed by atoms with Crippen LogP contribution >= 0.6 is 0 Å². The maximum absolute atomic E-state index is 9.72. The largest absolute Gasteiger partial charge is 0.353 e. The van der Waals surface area contributed by atoms with Gasteiger partial charge >= 0.3 is 0 Å². The maximum atomic E-state index is 9.72. The van der Waals surface area contributed by atoms with Gasteiger partial charge in [-0.15, -0.1) is 0 Å². The second-order valence-corrected chi connectivity index (χ2v) is 3.82. The zero-order chi connectivity index (χ0) is 11.0. The molecule has 0 rings (SSSR count). The molecule has 0 heterocycles. The third kappa shape index (κ3) is 4.94. The molecule has 86 valence electrons. The lowest BCUT2D eigenvalue weighted by molar-refractivity contribution is -0.265. The van der Waals surface area contributed by atoms with E-state index in [1.807, 2.05) is 0 Å². The van der Waals surface area contributed by atoms with Crippen LogP contribution in [0.1, 0.15) is 52.9 Å². The Morgan fingerprint density at radius 3 is 1.64 bits per heavy atom. The number of unbranched alkanes of at least 4 members (excludes halogenated alkanes) is 2. The van der Waals surface area contributed by atoms with Gasteiger partial charge in [-0.2, -0.15) is 0 Å². The van der Waals surface area contributed by atoms with Crippen molar-refractivity contribution in [2.24, 2.45) is 0 Å². The summed E-state index contributed by atoms with van der Waals surface area (Å²) in [5.74, 6) is -1.61. The van der Waals surface area contributed by atoms with Crippen LogP contribution < -0.4 is 0 Å². The predicted octanol–water partition coefficient (Wildman–Crippen LogP) is 1.94. The zero-order valence-electron chi connectivity index (χ0n) is 9.79. The first kappa shape index (κ1) is 13.9.